The highest BCUT2D eigenvalue weighted by Gasteiger charge is 2.32. The summed E-state index contributed by atoms with van der Waals surface area (Å²) in [6.07, 6.45) is 0.439. The Morgan fingerprint density at radius 3 is 2.39 bits per heavy atom. The second-order valence-corrected chi connectivity index (χ2v) is 8.13. The summed E-state index contributed by atoms with van der Waals surface area (Å²) in [5.41, 5.74) is 2.45. The Morgan fingerprint density at radius 1 is 1.03 bits per heavy atom. The predicted molar refractivity (Wildman–Crippen MR) is 125 cm³/mol. The third kappa shape index (κ3) is 4.80. The van der Waals surface area contributed by atoms with Gasteiger partial charge in [-0.2, -0.15) is 13.2 Å². The van der Waals surface area contributed by atoms with Crippen molar-refractivity contribution in [3.8, 4) is 22.8 Å². The number of rotatable bonds is 7. The van der Waals surface area contributed by atoms with Crippen molar-refractivity contribution in [1.82, 2.24) is 19.9 Å². The van der Waals surface area contributed by atoms with E-state index in [1.165, 1.54) is 6.07 Å². The van der Waals surface area contributed by atoms with Gasteiger partial charge in [0.2, 0.25) is 0 Å². The molecule has 4 rings (SSSR count). The van der Waals surface area contributed by atoms with E-state index in [-0.39, 0.29) is 0 Å². The van der Waals surface area contributed by atoms with Crippen LogP contribution in [0.5, 0.6) is 0 Å². The Kier molecular flexibility index (Phi) is 6.56. The number of halogens is 4. The van der Waals surface area contributed by atoms with Crippen molar-refractivity contribution in [3.05, 3.63) is 59.4 Å². The average Bonchev–Trinajstić information content (AvgIpc) is 3.23. The lowest BCUT2D eigenvalue weighted by Crippen LogP contribution is -2.25. The molecular weight excluding hydrogens is 451 g/mol. The van der Waals surface area contributed by atoms with Gasteiger partial charge in [-0.05, 0) is 49.2 Å². The smallest absolute Gasteiger partial charge is 0.370 e. The average molecular weight is 474 g/mol. The quantitative estimate of drug-likeness (QED) is 0.314. The number of H-pyrrole nitrogens is 1. The molecule has 0 amide bonds. The Bertz CT molecular complexity index is 1250. The highest BCUT2D eigenvalue weighted by molar-refractivity contribution is 6.33. The van der Waals surface area contributed by atoms with Crippen LogP contribution in [0.4, 0.5) is 18.9 Å². The summed E-state index contributed by atoms with van der Waals surface area (Å²) in [7, 11) is 0. The van der Waals surface area contributed by atoms with Crippen LogP contribution in [0.3, 0.4) is 0 Å². The van der Waals surface area contributed by atoms with Gasteiger partial charge < -0.3 is 9.88 Å². The molecule has 4 aromatic rings. The van der Waals surface area contributed by atoms with Crippen molar-refractivity contribution in [2.24, 2.45) is 0 Å². The molecule has 0 unspecified atom stereocenters. The Morgan fingerprint density at radius 2 is 1.79 bits per heavy atom. The van der Waals surface area contributed by atoms with E-state index in [1.54, 1.807) is 30.6 Å². The van der Waals surface area contributed by atoms with Gasteiger partial charge in [-0.15, -0.1) is 0 Å². The van der Waals surface area contributed by atoms with E-state index in [4.69, 9.17) is 11.6 Å². The predicted octanol–water partition coefficient (Wildman–Crippen LogP) is 6.99. The first-order valence-electron chi connectivity index (χ1n) is 10.7. The van der Waals surface area contributed by atoms with Crippen molar-refractivity contribution in [2.75, 3.05) is 18.0 Å². The molecular formula is C24H23ClF3N5. The molecule has 0 aliphatic carbocycles. The number of aromatic nitrogens is 4. The number of aromatic amines is 1. The number of pyridine rings is 2. The summed E-state index contributed by atoms with van der Waals surface area (Å²) in [6.45, 7) is 5.29. The number of anilines is 1. The largest absolute Gasteiger partial charge is 0.416 e. The van der Waals surface area contributed by atoms with Crippen LogP contribution in [0.2, 0.25) is 5.02 Å². The zero-order valence-corrected chi connectivity index (χ0v) is 19.0. The van der Waals surface area contributed by atoms with Gasteiger partial charge in [-0.25, -0.2) is 4.98 Å². The minimum atomic E-state index is -4.46. The van der Waals surface area contributed by atoms with Crippen LogP contribution in [0.15, 0.2) is 48.8 Å². The fourth-order valence-electron chi connectivity index (χ4n) is 3.79. The van der Waals surface area contributed by atoms with Crippen LogP contribution in [0.25, 0.3) is 33.8 Å². The Labute approximate surface area is 194 Å². The second kappa shape index (κ2) is 9.39. The number of nitrogens with one attached hydrogen (secondary N) is 1. The monoisotopic (exact) mass is 473 g/mol. The van der Waals surface area contributed by atoms with Gasteiger partial charge in [-0.1, -0.05) is 25.4 Å². The molecule has 9 heteroatoms. The van der Waals surface area contributed by atoms with E-state index in [2.05, 4.69) is 19.9 Å². The van der Waals surface area contributed by atoms with Gasteiger partial charge in [0, 0.05) is 31.0 Å². The second-order valence-electron chi connectivity index (χ2n) is 7.73. The first kappa shape index (κ1) is 23.0. The van der Waals surface area contributed by atoms with Crippen molar-refractivity contribution in [3.63, 3.8) is 0 Å². The molecule has 0 fully saturated rings. The molecule has 0 radical (unpaired) electrons. The van der Waals surface area contributed by atoms with E-state index in [1.807, 2.05) is 24.8 Å². The minimum Gasteiger partial charge on any atom is -0.370 e. The number of nitrogens with zero attached hydrogens (tertiary/aromatic N) is 4. The van der Waals surface area contributed by atoms with Crippen LogP contribution in [-0.2, 0) is 6.18 Å². The highest BCUT2D eigenvalue weighted by atomic mass is 35.5. The van der Waals surface area contributed by atoms with E-state index in [0.29, 0.717) is 52.0 Å². The SMILES string of the molecule is CCCN(CCC)c1cc(C(F)(F)F)cc2[nH]c(-c3ccc(-c4ncccc4Cl)cn3)nc12. The van der Waals surface area contributed by atoms with Gasteiger partial charge in [0.1, 0.15) is 11.2 Å². The normalized spacial score (nSPS) is 11.8. The molecule has 0 bridgehead atoms. The minimum absolute atomic E-state index is 0.325. The summed E-state index contributed by atoms with van der Waals surface area (Å²) in [5, 5.41) is 0.507. The van der Waals surface area contributed by atoms with Crippen molar-refractivity contribution >= 4 is 28.3 Å². The molecule has 33 heavy (non-hydrogen) atoms. The first-order valence-corrected chi connectivity index (χ1v) is 11.1. The molecule has 1 aromatic carbocycles. The first-order chi connectivity index (χ1) is 15.8. The van der Waals surface area contributed by atoms with Gasteiger partial charge in [0.15, 0.2) is 5.82 Å². The van der Waals surface area contributed by atoms with Crippen LogP contribution in [0, 0.1) is 0 Å². The van der Waals surface area contributed by atoms with E-state index in [0.717, 1.165) is 24.5 Å². The molecule has 0 saturated carbocycles. The van der Waals surface area contributed by atoms with Crippen LogP contribution in [0.1, 0.15) is 32.3 Å². The van der Waals surface area contributed by atoms with Crippen molar-refractivity contribution < 1.29 is 13.2 Å². The van der Waals surface area contributed by atoms with Crippen LogP contribution in [-0.4, -0.2) is 33.0 Å². The van der Waals surface area contributed by atoms with Gasteiger partial charge >= 0.3 is 6.18 Å². The van der Waals surface area contributed by atoms with Crippen molar-refractivity contribution in [2.45, 2.75) is 32.9 Å². The van der Waals surface area contributed by atoms with Crippen LogP contribution < -0.4 is 4.90 Å². The Hall–Kier alpha value is -3.13. The van der Waals surface area contributed by atoms with E-state index in [9.17, 15) is 13.2 Å². The maximum absolute atomic E-state index is 13.6. The molecule has 5 nitrogen and oxygen atoms in total. The number of fused-ring (bicyclic) bond motifs is 1. The summed E-state index contributed by atoms with van der Waals surface area (Å²) in [6, 6.07) is 9.35. The third-order valence-electron chi connectivity index (χ3n) is 5.26. The number of imidazole rings is 1. The summed E-state index contributed by atoms with van der Waals surface area (Å²) in [4.78, 5) is 18.4. The molecule has 3 aromatic heterocycles. The molecule has 172 valence electrons. The van der Waals surface area contributed by atoms with Crippen molar-refractivity contribution in [1.29, 1.82) is 0 Å². The van der Waals surface area contributed by atoms with Crippen LogP contribution >= 0.6 is 11.6 Å². The fourth-order valence-corrected chi connectivity index (χ4v) is 4.02. The molecule has 0 spiro atoms. The number of hydrogen-bond acceptors (Lipinski definition) is 4. The lowest BCUT2D eigenvalue weighted by molar-refractivity contribution is -0.137. The molecule has 0 aliphatic rings. The van der Waals surface area contributed by atoms with Gasteiger partial charge in [0.05, 0.1) is 27.5 Å². The standard InChI is InChI=1S/C24H23ClF3N5/c1-3-10-33(11-4-2)20-13-16(24(26,27)28)12-19-22(20)32-23(31-19)18-8-7-15(14-30-18)21-17(25)6-5-9-29-21/h5-9,12-14H,3-4,10-11H2,1-2H3,(H,31,32). The van der Waals surface area contributed by atoms with Gasteiger partial charge in [-0.3, -0.25) is 9.97 Å². The Balaban J connectivity index is 1.79. The molecule has 0 aliphatic heterocycles. The number of hydrogen-bond donors (Lipinski definition) is 1. The maximum Gasteiger partial charge on any atom is 0.416 e. The lowest BCUT2D eigenvalue weighted by Gasteiger charge is -2.25. The molecule has 0 saturated heterocycles. The van der Waals surface area contributed by atoms with Gasteiger partial charge in [0.25, 0.3) is 0 Å². The third-order valence-corrected chi connectivity index (χ3v) is 5.56. The summed E-state index contributed by atoms with van der Waals surface area (Å²) >= 11 is 6.21. The fraction of sp³-hybridized carbons (Fsp3) is 0.292. The molecule has 3 heterocycles. The zero-order chi connectivity index (χ0) is 23.6. The zero-order valence-electron chi connectivity index (χ0n) is 18.2. The highest BCUT2D eigenvalue weighted by Crippen LogP contribution is 2.37. The van der Waals surface area contributed by atoms with E-state index < -0.39 is 11.7 Å². The summed E-state index contributed by atoms with van der Waals surface area (Å²) in [5.74, 6) is 0.400. The summed E-state index contributed by atoms with van der Waals surface area (Å²) < 4.78 is 40.9. The lowest BCUT2D eigenvalue weighted by atomic mass is 10.1. The number of alkyl halides is 3. The topological polar surface area (TPSA) is 57.7 Å². The molecule has 1 N–H and O–H groups in total. The van der Waals surface area contributed by atoms with E-state index >= 15 is 0 Å². The number of benzene rings is 1. The molecule has 0 atom stereocenters. The maximum atomic E-state index is 13.6.